The summed E-state index contributed by atoms with van der Waals surface area (Å²) in [6.07, 6.45) is 1.46. The molecule has 122 valence electrons. The Morgan fingerprint density at radius 2 is 1.92 bits per heavy atom. The number of halogens is 2. The van der Waals surface area contributed by atoms with Crippen LogP contribution >= 0.6 is 23.2 Å². The summed E-state index contributed by atoms with van der Waals surface area (Å²) in [6.45, 7) is 0.172. The van der Waals surface area contributed by atoms with Crippen LogP contribution in [0.25, 0.3) is 0 Å². The molecule has 24 heavy (non-hydrogen) atoms. The van der Waals surface area contributed by atoms with Gasteiger partial charge in [-0.1, -0.05) is 23.2 Å². The van der Waals surface area contributed by atoms with Crippen molar-refractivity contribution in [1.29, 1.82) is 0 Å². The number of hydrogen-bond donors (Lipinski definition) is 1. The van der Waals surface area contributed by atoms with Gasteiger partial charge in [-0.05, 0) is 30.3 Å². The lowest BCUT2D eigenvalue weighted by molar-refractivity contribution is 0.0648. The summed E-state index contributed by atoms with van der Waals surface area (Å²) in [7, 11) is 0. The van der Waals surface area contributed by atoms with E-state index in [1.807, 2.05) is 0 Å². The summed E-state index contributed by atoms with van der Waals surface area (Å²) >= 11 is 11.7. The van der Waals surface area contributed by atoms with Gasteiger partial charge in [0.1, 0.15) is 5.69 Å². The minimum atomic E-state index is -0.459. The van der Waals surface area contributed by atoms with E-state index in [4.69, 9.17) is 23.2 Å². The highest BCUT2D eigenvalue weighted by Crippen LogP contribution is 2.22. The molecule has 0 spiro atoms. The Kier molecular flexibility index (Phi) is 4.51. The second kappa shape index (κ2) is 6.59. The highest BCUT2D eigenvalue weighted by atomic mass is 35.5. The first-order valence-corrected chi connectivity index (χ1v) is 7.79. The van der Waals surface area contributed by atoms with Crippen molar-refractivity contribution in [2.24, 2.45) is 0 Å². The van der Waals surface area contributed by atoms with Gasteiger partial charge in [0, 0.05) is 24.8 Å². The van der Waals surface area contributed by atoms with Crippen molar-refractivity contribution < 1.29 is 14.4 Å². The van der Waals surface area contributed by atoms with Crippen LogP contribution in [0.1, 0.15) is 31.2 Å². The average molecular weight is 364 g/mol. The van der Waals surface area contributed by atoms with E-state index in [9.17, 15) is 14.4 Å². The van der Waals surface area contributed by atoms with Crippen molar-refractivity contribution in [3.8, 4) is 0 Å². The topological polar surface area (TPSA) is 79.4 Å². The first-order chi connectivity index (χ1) is 11.5. The van der Waals surface area contributed by atoms with Crippen LogP contribution in [0.4, 0.5) is 0 Å². The van der Waals surface area contributed by atoms with Gasteiger partial charge in [0.05, 0.1) is 15.6 Å². The number of benzene rings is 1. The molecule has 2 heterocycles. The molecular formula is C16H11Cl2N3O3. The predicted octanol–water partition coefficient (Wildman–Crippen LogP) is 2.41. The number of hydrogen-bond acceptors (Lipinski definition) is 4. The molecule has 8 heteroatoms. The number of nitrogens with one attached hydrogen (secondary N) is 1. The van der Waals surface area contributed by atoms with Crippen molar-refractivity contribution in [3.63, 3.8) is 0 Å². The molecule has 3 amide bonds. The molecule has 0 bridgehead atoms. The van der Waals surface area contributed by atoms with Gasteiger partial charge >= 0.3 is 0 Å². The van der Waals surface area contributed by atoms with Crippen LogP contribution in [-0.2, 0) is 0 Å². The number of rotatable bonds is 4. The molecule has 2 aromatic rings. The lowest BCUT2D eigenvalue weighted by Crippen LogP contribution is -2.38. The average Bonchev–Trinajstić information content (AvgIpc) is 2.82. The molecule has 1 aromatic carbocycles. The van der Waals surface area contributed by atoms with Crippen LogP contribution in [0.5, 0.6) is 0 Å². The normalized spacial score (nSPS) is 13.2. The van der Waals surface area contributed by atoms with Gasteiger partial charge in [-0.3, -0.25) is 24.3 Å². The third-order valence-corrected chi connectivity index (χ3v) is 4.27. The Morgan fingerprint density at radius 1 is 1.12 bits per heavy atom. The summed E-state index contributed by atoms with van der Waals surface area (Å²) < 4.78 is 0. The fourth-order valence-electron chi connectivity index (χ4n) is 2.34. The number of aromatic nitrogens is 1. The third-order valence-electron chi connectivity index (χ3n) is 3.53. The van der Waals surface area contributed by atoms with Crippen LogP contribution in [0, 0.1) is 0 Å². The molecule has 0 radical (unpaired) electrons. The maximum Gasteiger partial charge on any atom is 0.280 e. The summed E-state index contributed by atoms with van der Waals surface area (Å²) in [6, 6.07) is 7.66. The smallest absolute Gasteiger partial charge is 0.280 e. The van der Waals surface area contributed by atoms with E-state index in [1.54, 1.807) is 12.1 Å². The zero-order valence-corrected chi connectivity index (χ0v) is 13.8. The van der Waals surface area contributed by atoms with Gasteiger partial charge in [-0.25, -0.2) is 0 Å². The second-order valence-electron chi connectivity index (χ2n) is 5.05. The van der Waals surface area contributed by atoms with Crippen molar-refractivity contribution >= 4 is 40.9 Å². The largest absolute Gasteiger partial charge is 0.350 e. The fraction of sp³-hybridized carbons (Fsp3) is 0.125. The fourth-order valence-corrected chi connectivity index (χ4v) is 2.64. The van der Waals surface area contributed by atoms with E-state index < -0.39 is 11.8 Å². The van der Waals surface area contributed by atoms with E-state index in [0.717, 1.165) is 4.90 Å². The van der Waals surface area contributed by atoms with Crippen LogP contribution in [0.2, 0.25) is 10.0 Å². The molecule has 1 N–H and O–H groups in total. The van der Waals surface area contributed by atoms with Gasteiger partial charge in [-0.15, -0.1) is 0 Å². The van der Waals surface area contributed by atoms with Crippen molar-refractivity contribution in [2.45, 2.75) is 0 Å². The Morgan fingerprint density at radius 3 is 2.62 bits per heavy atom. The first-order valence-electron chi connectivity index (χ1n) is 7.03. The molecule has 1 aromatic heterocycles. The SMILES string of the molecule is O=C(NCCN1C(=O)c2cccnc2C1=O)c1ccc(Cl)c(Cl)c1. The number of carbonyl (C=O) groups is 3. The van der Waals surface area contributed by atoms with E-state index in [0.29, 0.717) is 10.6 Å². The molecule has 6 nitrogen and oxygen atoms in total. The maximum absolute atomic E-state index is 12.2. The molecule has 3 rings (SSSR count). The quantitative estimate of drug-likeness (QED) is 0.845. The van der Waals surface area contributed by atoms with Gasteiger partial charge in [-0.2, -0.15) is 0 Å². The zero-order chi connectivity index (χ0) is 17.3. The molecular weight excluding hydrogens is 353 g/mol. The summed E-state index contributed by atoms with van der Waals surface area (Å²) in [4.78, 5) is 41.3. The summed E-state index contributed by atoms with van der Waals surface area (Å²) in [5.41, 5.74) is 0.755. The first kappa shape index (κ1) is 16.4. The number of amides is 3. The summed E-state index contributed by atoms with van der Waals surface area (Å²) in [5, 5.41) is 3.26. The van der Waals surface area contributed by atoms with Crippen molar-refractivity contribution in [1.82, 2.24) is 15.2 Å². The lowest BCUT2D eigenvalue weighted by Gasteiger charge is -2.14. The Bertz CT molecular complexity index is 819. The molecule has 1 aliphatic heterocycles. The molecule has 0 saturated heterocycles. The highest BCUT2D eigenvalue weighted by Gasteiger charge is 2.36. The van der Waals surface area contributed by atoms with E-state index in [2.05, 4.69) is 10.3 Å². The standard InChI is InChI=1S/C16H11Cl2N3O3/c17-11-4-3-9(8-12(11)18)14(22)20-6-7-21-15(23)10-2-1-5-19-13(10)16(21)24/h1-5,8H,6-7H2,(H,20,22). The molecule has 0 unspecified atom stereocenters. The third kappa shape index (κ3) is 2.98. The lowest BCUT2D eigenvalue weighted by atomic mass is 10.2. The number of imide groups is 1. The minimum Gasteiger partial charge on any atom is -0.350 e. The number of fused-ring (bicyclic) bond motifs is 1. The second-order valence-corrected chi connectivity index (χ2v) is 5.86. The Hall–Kier alpha value is -2.44. The van der Waals surface area contributed by atoms with Crippen LogP contribution in [-0.4, -0.2) is 40.7 Å². The van der Waals surface area contributed by atoms with E-state index in [1.165, 1.54) is 24.4 Å². The molecule has 0 saturated carbocycles. The maximum atomic E-state index is 12.2. The van der Waals surface area contributed by atoms with Crippen LogP contribution in [0.15, 0.2) is 36.5 Å². The van der Waals surface area contributed by atoms with Gasteiger partial charge in [0.25, 0.3) is 17.7 Å². The van der Waals surface area contributed by atoms with Gasteiger partial charge in [0.2, 0.25) is 0 Å². The molecule has 0 aliphatic carbocycles. The van der Waals surface area contributed by atoms with Gasteiger partial charge in [0.15, 0.2) is 0 Å². The zero-order valence-electron chi connectivity index (χ0n) is 12.3. The molecule has 0 atom stereocenters. The number of carbonyl (C=O) groups excluding carboxylic acids is 3. The predicted molar refractivity (Wildman–Crippen MR) is 88.4 cm³/mol. The number of nitrogens with zero attached hydrogens (tertiary/aromatic N) is 2. The number of pyridine rings is 1. The highest BCUT2D eigenvalue weighted by molar-refractivity contribution is 6.42. The summed E-state index contributed by atoms with van der Waals surface area (Å²) in [5.74, 6) is -1.24. The van der Waals surface area contributed by atoms with Crippen molar-refractivity contribution in [2.75, 3.05) is 13.1 Å². The van der Waals surface area contributed by atoms with Crippen LogP contribution in [0.3, 0.4) is 0 Å². The van der Waals surface area contributed by atoms with E-state index >= 15 is 0 Å². The Labute approximate surface area is 147 Å². The Balaban J connectivity index is 1.61. The van der Waals surface area contributed by atoms with E-state index in [-0.39, 0.29) is 35.3 Å². The molecule has 0 fully saturated rings. The molecule has 1 aliphatic rings. The van der Waals surface area contributed by atoms with Crippen molar-refractivity contribution in [3.05, 3.63) is 63.4 Å². The minimum absolute atomic E-state index is 0.0566. The van der Waals surface area contributed by atoms with Crippen LogP contribution < -0.4 is 5.32 Å². The van der Waals surface area contributed by atoms with Gasteiger partial charge < -0.3 is 5.32 Å². The monoisotopic (exact) mass is 363 g/mol.